The standard InChI is InChI=1S/C24H20F3N3O5S/c1-30-21(31)23(29-22(30)28,17-9-11-19(12-10-17)35-36(32,33)24(25,26)27)18-7-3-5-15(13-18)16-6-4-8-20(14-16)34-2/h3-14H,1-2H3,(H2,28,29). The summed E-state index contributed by atoms with van der Waals surface area (Å²) in [5.41, 5.74) is 0.980. The molecule has 4 rings (SSSR count). The minimum atomic E-state index is -5.85. The molecule has 1 atom stereocenters. The molecule has 188 valence electrons. The van der Waals surface area contributed by atoms with Gasteiger partial charge in [0.1, 0.15) is 11.5 Å². The van der Waals surface area contributed by atoms with Crippen LogP contribution in [0, 0.1) is 0 Å². The number of rotatable bonds is 6. The Morgan fingerprint density at radius 2 is 1.53 bits per heavy atom. The first-order valence-electron chi connectivity index (χ1n) is 10.4. The van der Waals surface area contributed by atoms with Gasteiger partial charge < -0.3 is 14.7 Å². The molecule has 1 heterocycles. The summed E-state index contributed by atoms with van der Waals surface area (Å²) in [4.78, 5) is 19.1. The number of hydrogen-bond acceptors (Lipinski definition) is 7. The van der Waals surface area contributed by atoms with Crippen molar-refractivity contribution in [1.82, 2.24) is 4.90 Å². The zero-order chi connectivity index (χ0) is 26.3. The molecule has 1 aliphatic heterocycles. The van der Waals surface area contributed by atoms with E-state index in [0.717, 1.165) is 28.2 Å². The molecule has 1 amide bonds. The van der Waals surface area contributed by atoms with Crippen molar-refractivity contribution < 1.29 is 35.3 Å². The SMILES string of the molecule is COc1cccc(-c2cccc(C3(c4ccc(OS(=O)(=O)C(F)(F)F)cc4)N=C(N)N(C)C3=O)c2)c1. The van der Waals surface area contributed by atoms with Crippen molar-refractivity contribution in [3.8, 4) is 22.6 Å². The summed E-state index contributed by atoms with van der Waals surface area (Å²) in [5.74, 6) is -0.505. The lowest BCUT2D eigenvalue weighted by Gasteiger charge is -2.26. The first-order valence-corrected chi connectivity index (χ1v) is 11.8. The Balaban J connectivity index is 1.81. The van der Waals surface area contributed by atoms with Crippen LogP contribution < -0.4 is 14.7 Å². The second-order valence-corrected chi connectivity index (χ2v) is 9.40. The summed E-state index contributed by atoms with van der Waals surface area (Å²) >= 11 is 0. The van der Waals surface area contributed by atoms with Gasteiger partial charge in [0.25, 0.3) is 5.91 Å². The molecular weight excluding hydrogens is 499 g/mol. The van der Waals surface area contributed by atoms with Gasteiger partial charge in [-0.15, -0.1) is 0 Å². The fourth-order valence-corrected chi connectivity index (χ4v) is 4.30. The Kier molecular flexibility index (Phi) is 6.17. The lowest BCUT2D eigenvalue weighted by Crippen LogP contribution is -2.41. The maximum absolute atomic E-state index is 13.5. The molecule has 1 aliphatic rings. The van der Waals surface area contributed by atoms with E-state index in [0.29, 0.717) is 11.3 Å². The fraction of sp³-hybridized carbons (Fsp3) is 0.167. The van der Waals surface area contributed by atoms with Crippen molar-refractivity contribution in [3.05, 3.63) is 83.9 Å². The second kappa shape index (κ2) is 8.86. The van der Waals surface area contributed by atoms with Crippen molar-refractivity contribution in [1.29, 1.82) is 0 Å². The van der Waals surface area contributed by atoms with Crippen LogP contribution in [-0.2, 0) is 20.5 Å². The number of carbonyl (C=O) groups excluding carboxylic acids is 1. The smallest absolute Gasteiger partial charge is 0.497 e. The van der Waals surface area contributed by atoms with Crippen LogP contribution in [-0.4, -0.2) is 44.9 Å². The number of amides is 1. The van der Waals surface area contributed by atoms with Crippen LogP contribution in [0.15, 0.2) is 77.8 Å². The zero-order valence-electron chi connectivity index (χ0n) is 19.0. The van der Waals surface area contributed by atoms with Crippen molar-refractivity contribution >= 4 is 22.0 Å². The van der Waals surface area contributed by atoms with E-state index >= 15 is 0 Å². The second-order valence-electron chi connectivity index (χ2n) is 7.86. The van der Waals surface area contributed by atoms with Crippen LogP contribution in [0.4, 0.5) is 13.2 Å². The van der Waals surface area contributed by atoms with Crippen molar-refractivity contribution in [2.45, 2.75) is 11.0 Å². The Hall–Kier alpha value is -4.06. The number of guanidine groups is 1. The Morgan fingerprint density at radius 1 is 0.917 bits per heavy atom. The normalized spacial score (nSPS) is 18.2. The van der Waals surface area contributed by atoms with Crippen molar-refractivity contribution in [2.24, 2.45) is 10.7 Å². The van der Waals surface area contributed by atoms with Gasteiger partial charge in [0, 0.05) is 7.05 Å². The van der Waals surface area contributed by atoms with E-state index in [1.807, 2.05) is 24.3 Å². The average molecular weight is 520 g/mol. The molecule has 0 aliphatic carbocycles. The molecule has 0 bridgehead atoms. The summed E-state index contributed by atoms with van der Waals surface area (Å²) in [5, 5.41) is 0. The van der Waals surface area contributed by atoms with Gasteiger partial charge >= 0.3 is 15.6 Å². The summed E-state index contributed by atoms with van der Waals surface area (Å²) < 4.78 is 70.2. The fourth-order valence-electron chi connectivity index (χ4n) is 3.84. The maximum atomic E-state index is 13.5. The van der Waals surface area contributed by atoms with E-state index in [2.05, 4.69) is 9.18 Å². The molecule has 0 spiro atoms. The number of carbonyl (C=O) groups is 1. The molecule has 0 radical (unpaired) electrons. The number of aliphatic imine (C=N–C) groups is 1. The maximum Gasteiger partial charge on any atom is 0.534 e. The lowest BCUT2D eigenvalue weighted by atomic mass is 9.81. The molecule has 2 N–H and O–H groups in total. The Bertz CT molecular complexity index is 1460. The largest absolute Gasteiger partial charge is 0.534 e. The Labute approximate surface area is 204 Å². The summed E-state index contributed by atoms with van der Waals surface area (Å²) in [6.45, 7) is 0. The van der Waals surface area contributed by atoms with Gasteiger partial charge in [0.15, 0.2) is 11.5 Å². The molecule has 3 aromatic rings. The van der Waals surface area contributed by atoms with E-state index in [4.69, 9.17) is 10.5 Å². The van der Waals surface area contributed by atoms with Crippen LogP contribution >= 0.6 is 0 Å². The number of halogens is 3. The van der Waals surface area contributed by atoms with E-state index in [1.165, 1.54) is 19.2 Å². The van der Waals surface area contributed by atoms with Gasteiger partial charge in [-0.05, 0) is 52.6 Å². The quantitative estimate of drug-likeness (QED) is 0.393. The molecular formula is C24H20F3N3O5S. The van der Waals surface area contributed by atoms with Gasteiger partial charge in [-0.2, -0.15) is 21.6 Å². The number of methoxy groups -OCH3 is 1. The third kappa shape index (κ3) is 4.24. The summed E-state index contributed by atoms with van der Waals surface area (Å²) in [6.07, 6.45) is 0. The van der Waals surface area contributed by atoms with E-state index in [-0.39, 0.29) is 11.5 Å². The number of nitrogens with zero attached hydrogens (tertiary/aromatic N) is 2. The minimum absolute atomic E-state index is 0.0632. The number of nitrogens with two attached hydrogens (primary N) is 1. The third-order valence-electron chi connectivity index (χ3n) is 5.68. The van der Waals surface area contributed by atoms with Gasteiger partial charge in [-0.3, -0.25) is 9.69 Å². The number of likely N-dealkylation sites (N-methyl/N-ethyl adjacent to an activating group) is 1. The zero-order valence-corrected chi connectivity index (χ0v) is 19.8. The molecule has 8 nitrogen and oxygen atoms in total. The highest BCUT2D eigenvalue weighted by molar-refractivity contribution is 7.88. The molecule has 36 heavy (non-hydrogen) atoms. The van der Waals surface area contributed by atoms with Gasteiger partial charge in [-0.1, -0.05) is 42.5 Å². The predicted octanol–water partition coefficient (Wildman–Crippen LogP) is 3.62. The number of benzene rings is 3. The highest BCUT2D eigenvalue weighted by Gasteiger charge is 2.50. The number of ether oxygens (including phenoxy) is 1. The van der Waals surface area contributed by atoms with Crippen molar-refractivity contribution in [2.75, 3.05) is 14.2 Å². The first-order chi connectivity index (χ1) is 16.9. The van der Waals surface area contributed by atoms with E-state index in [1.54, 1.807) is 31.4 Å². The third-order valence-corrected chi connectivity index (χ3v) is 6.66. The molecule has 0 saturated heterocycles. The van der Waals surface area contributed by atoms with E-state index in [9.17, 15) is 26.4 Å². The number of hydrogen-bond donors (Lipinski definition) is 1. The molecule has 1 unspecified atom stereocenters. The van der Waals surface area contributed by atoms with Gasteiger partial charge in [-0.25, -0.2) is 4.99 Å². The minimum Gasteiger partial charge on any atom is -0.497 e. The molecule has 0 aromatic heterocycles. The molecule has 0 saturated carbocycles. The summed E-state index contributed by atoms with van der Waals surface area (Å²) in [6, 6.07) is 18.9. The first kappa shape index (κ1) is 25.0. The molecule has 12 heteroatoms. The van der Waals surface area contributed by atoms with Crippen LogP contribution in [0.1, 0.15) is 11.1 Å². The van der Waals surface area contributed by atoms with Crippen LogP contribution in [0.3, 0.4) is 0 Å². The molecule has 3 aromatic carbocycles. The number of alkyl halides is 3. The Morgan fingerprint density at radius 3 is 2.08 bits per heavy atom. The highest BCUT2D eigenvalue weighted by Crippen LogP contribution is 2.41. The van der Waals surface area contributed by atoms with Gasteiger partial charge in [0.2, 0.25) is 0 Å². The van der Waals surface area contributed by atoms with Crippen molar-refractivity contribution in [3.63, 3.8) is 0 Å². The van der Waals surface area contributed by atoms with E-state index < -0.39 is 32.8 Å². The average Bonchev–Trinajstić information content (AvgIpc) is 3.08. The van der Waals surface area contributed by atoms with Crippen LogP contribution in [0.5, 0.6) is 11.5 Å². The monoisotopic (exact) mass is 519 g/mol. The topological polar surface area (TPSA) is 111 Å². The van der Waals surface area contributed by atoms with Crippen LogP contribution in [0.25, 0.3) is 11.1 Å². The summed E-state index contributed by atoms with van der Waals surface area (Å²) in [7, 11) is -2.86. The van der Waals surface area contributed by atoms with Gasteiger partial charge in [0.05, 0.1) is 7.11 Å². The van der Waals surface area contributed by atoms with Crippen LogP contribution in [0.2, 0.25) is 0 Å². The lowest BCUT2D eigenvalue weighted by molar-refractivity contribution is -0.129. The predicted molar refractivity (Wildman–Crippen MR) is 126 cm³/mol. The highest BCUT2D eigenvalue weighted by atomic mass is 32.2. The molecule has 0 fully saturated rings.